The minimum absolute atomic E-state index is 0.0264. The topological polar surface area (TPSA) is 96.3 Å². The van der Waals surface area contributed by atoms with E-state index in [1.54, 1.807) is 19.9 Å². The Kier molecular flexibility index (Phi) is 8.69. The van der Waals surface area contributed by atoms with Crippen LogP contribution in [0.15, 0.2) is 11.6 Å². The van der Waals surface area contributed by atoms with Gasteiger partial charge in [0, 0.05) is 18.0 Å². The van der Waals surface area contributed by atoms with Crippen LogP contribution in [0.2, 0.25) is 0 Å². The molecular weight excluding hydrogens is 458 g/mol. The summed E-state index contributed by atoms with van der Waals surface area (Å²) in [5, 5.41) is 21.5. The van der Waals surface area contributed by atoms with Crippen LogP contribution < -0.4 is 0 Å². The Morgan fingerprint density at radius 3 is 2.47 bits per heavy atom. The van der Waals surface area contributed by atoms with Gasteiger partial charge in [0.25, 0.3) is 0 Å². The summed E-state index contributed by atoms with van der Waals surface area (Å²) in [4.78, 5) is 26.9. The van der Waals surface area contributed by atoms with Gasteiger partial charge in [0.15, 0.2) is 0 Å². The number of aliphatic hydroxyl groups excluding tert-OH is 1. The number of esters is 2. The highest BCUT2D eigenvalue weighted by Crippen LogP contribution is 2.65. The van der Waals surface area contributed by atoms with E-state index in [2.05, 4.69) is 27.7 Å². The zero-order valence-electron chi connectivity index (χ0n) is 23.7. The molecule has 0 spiro atoms. The summed E-state index contributed by atoms with van der Waals surface area (Å²) in [7, 11) is 3.89. The highest BCUT2D eigenvalue weighted by molar-refractivity contribution is 5.83. The van der Waals surface area contributed by atoms with E-state index < -0.39 is 11.7 Å². The van der Waals surface area contributed by atoms with Crippen LogP contribution in [-0.2, 0) is 19.1 Å². The predicted molar refractivity (Wildman–Crippen MR) is 139 cm³/mol. The van der Waals surface area contributed by atoms with Crippen LogP contribution in [0.1, 0.15) is 80.1 Å². The van der Waals surface area contributed by atoms with Crippen molar-refractivity contribution >= 4 is 11.9 Å². The lowest BCUT2D eigenvalue weighted by Crippen LogP contribution is -2.61. The van der Waals surface area contributed by atoms with Gasteiger partial charge in [-0.2, -0.15) is 0 Å². The number of aliphatic hydroxyl groups is 2. The smallest absolute Gasteiger partial charge is 0.330 e. The van der Waals surface area contributed by atoms with Crippen molar-refractivity contribution in [3.05, 3.63) is 11.6 Å². The van der Waals surface area contributed by atoms with Gasteiger partial charge in [0.2, 0.25) is 0 Å². The summed E-state index contributed by atoms with van der Waals surface area (Å²) in [5.41, 5.74) is -0.274. The zero-order valence-corrected chi connectivity index (χ0v) is 23.7. The molecule has 0 aromatic carbocycles. The number of fused-ring (bicyclic) bond motifs is 3. The van der Waals surface area contributed by atoms with Crippen LogP contribution in [-0.4, -0.2) is 72.1 Å². The third-order valence-corrected chi connectivity index (χ3v) is 9.55. The lowest BCUT2D eigenvalue weighted by molar-refractivity contribution is -0.206. The molecule has 0 heterocycles. The number of hydrogen-bond donors (Lipinski definition) is 2. The van der Waals surface area contributed by atoms with Crippen LogP contribution in [0.5, 0.6) is 0 Å². The van der Waals surface area contributed by atoms with Gasteiger partial charge in [-0.05, 0) is 89.1 Å². The van der Waals surface area contributed by atoms with Crippen LogP contribution in [0.3, 0.4) is 0 Å². The maximum atomic E-state index is 12.5. The summed E-state index contributed by atoms with van der Waals surface area (Å²) < 4.78 is 11.3. The van der Waals surface area contributed by atoms with Crippen molar-refractivity contribution < 1.29 is 29.3 Å². The lowest BCUT2D eigenvalue weighted by atomic mass is 9.42. The molecule has 3 rings (SSSR count). The Morgan fingerprint density at radius 2 is 1.86 bits per heavy atom. The normalized spacial score (nSPS) is 37.2. The van der Waals surface area contributed by atoms with Crippen LogP contribution in [0, 0.1) is 34.5 Å². The summed E-state index contributed by atoms with van der Waals surface area (Å²) in [6.07, 6.45) is 5.10. The van der Waals surface area contributed by atoms with Crippen molar-refractivity contribution in [2.75, 3.05) is 27.2 Å². The average molecular weight is 508 g/mol. The van der Waals surface area contributed by atoms with E-state index in [4.69, 9.17) is 9.47 Å². The van der Waals surface area contributed by atoms with Crippen LogP contribution in [0.4, 0.5) is 0 Å². The summed E-state index contributed by atoms with van der Waals surface area (Å²) in [6, 6.07) is 0. The predicted octanol–water partition coefficient (Wildman–Crippen LogP) is 3.96. The number of nitrogens with zero attached hydrogens (tertiary/aromatic N) is 1. The second kappa shape index (κ2) is 10.7. The first-order valence-electron chi connectivity index (χ1n) is 13.7. The standard InChI is InChI=1S/C29H49NO6/c1-18-19(15-24(32)35-14-13-30(7)8)9-10-20-26(18)21(31)16-22-28(4,5)23(11-12-29(20,22)6)36-25(33)17-27(2,3)34/h15,18,20-23,26,31,34H,9-14,16-17H2,1-8H3/t18-,20-,21-,22-,23-,26+,29+/m0/s1. The minimum Gasteiger partial charge on any atom is -0.462 e. The molecule has 0 aromatic heterocycles. The van der Waals surface area contributed by atoms with E-state index in [1.165, 1.54) is 0 Å². The lowest BCUT2D eigenvalue weighted by Gasteiger charge is -2.64. The minimum atomic E-state index is -1.10. The molecule has 2 N–H and O–H groups in total. The molecule has 0 saturated heterocycles. The van der Waals surface area contributed by atoms with Gasteiger partial charge >= 0.3 is 11.9 Å². The molecular formula is C29H49NO6. The molecule has 3 saturated carbocycles. The van der Waals surface area contributed by atoms with Gasteiger partial charge < -0.3 is 24.6 Å². The third kappa shape index (κ3) is 6.16. The summed E-state index contributed by atoms with van der Waals surface area (Å²) in [6.45, 7) is 13.2. The molecule has 7 nitrogen and oxygen atoms in total. The number of carbonyl (C=O) groups is 2. The molecule has 0 unspecified atom stereocenters. The van der Waals surface area contributed by atoms with Crippen LogP contribution in [0.25, 0.3) is 0 Å². The first-order valence-corrected chi connectivity index (χ1v) is 13.7. The molecule has 7 atom stereocenters. The quantitative estimate of drug-likeness (QED) is 0.398. The zero-order chi connectivity index (χ0) is 27.1. The van der Waals surface area contributed by atoms with Crippen molar-refractivity contribution in [1.82, 2.24) is 4.90 Å². The maximum Gasteiger partial charge on any atom is 0.330 e. The molecule has 206 valence electrons. The van der Waals surface area contributed by atoms with Gasteiger partial charge in [-0.1, -0.05) is 33.3 Å². The monoisotopic (exact) mass is 507 g/mol. The number of carbonyl (C=O) groups excluding carboxylic acids is 2. The second-order valence-electron chi connectivity index (χ2n) is 13.4. The largest absolute Gasteiger partial charge is 0.462 e. The molecule has 0 aromatic rings. The molecule has 0 aliphatic heterocycles. The highest BCUT2D eigenvalue weighted by Gasteiger charge is 2.62. The first-order chi connectivity index (χ1) is 16.6. The van der Waals surface area contributed by atoms with Gasteiger partial charge in [-0.3, -0.25) is 4.79 Å². The SMILES string of the molecule is C[C@H]1C(=CC(=O)OCCN(C)C)CC[C@H]2[C@@H]1[C@@H](O)C[C@H]1C(C)(C)[C@@H](OC(=O)CC(C)(C)O)CC[C@]21C. The molecule has 36 heavy (non-hydrogen) atoms. The number of hydrogen-bond acceptors (Lipinski definition) is 7. The molecule has 0 bridgehead atoms. The highest BCUT2D eigenvalue weighted by atomic mass is 16.5. The molecule has 0 radical (unpaired) electrons. The number of ether oxygens (including phenoxy) is 2. The summed E-state index contributed by atoms with van der Waals surface area (Å²) in [5.74, 6) is 0.117. The Balaban J connectivity index is 1.74. The molecule has 7 heteroatoms. The fourth-order valence-electron chi connectivity index (χ4n) is 7.68. The Labute approximate surface area is 217 Å². The number of rotatable bonds is 7. The Bertz CT molecular complexity index is 843. The molecule has 3 aliphatic carbocycles. The van der Waals surface area contributed by atoms with Crippen molar-refractivity contribution in [2.45, 2.75) is 97.9 Å². The van der Waals surface area contributed by atoms with Gasteiger partial charge in [-0.15, -0.1) is 0 Å². The molecule has 3 fully saturated rings. The summed E-state index contributed by atoms with van der Waals surface area (Å²) >= 11 is 0. The average Bonchev–Trinajstić information content (AvgIpc) is 2.72. The third-order valence-electron chi connectivity index (χ3n) is 9.55. The van der Waals surface area contributed by atoms with E-state index in [-0.39, 0.29) is 53.0 Å². The van der Waals surface area contributed by atoms with Crippen molar-refractivity contribution in [2.24, 2.45) is 34.5 Å². The van der Waals surface area contributed by atoms with Crippen LogP contribution >= 0.6 is 0 Å². The Hall–Kier alpha value is -1.44. The first kappa shape index (κ1) is 29.1. The van der Waals surface area contributed by atoms with Gasteiger partial charge in [0.1, 0.15) is 12.7 Å². The fraction of sp³-hybridized carbons (Fsp3) is 0.862. The van der Waals surface area contributed by atoms with Crippen molar-refractivity contribution in [1.29, 1.82) is 0 Å². The van der Waals surface area contributed by atoms with E-state index in [0.717, 1.165) is 31.3 Å². The van der Waals surface area contributed by atoms with Gasteiger partial charge in [0.05, 0.1) is 18.1 Å². The Morgan fingerprint density at radius 1 is 1.19 bits per heavy atom. The fourth-order valence-corrected chi connectivity index (χ4v) is 7.68. The van der Waals surface area contributed by atoms with E-state index in [0.29, 0.717) is 25.5 Å². The van der Waals surface area contributed by atoms with Gasteiger partial charge in [-0.25, -0.2) is 4.79 Å². The van der Waals surface area contributed by atoms with E-state index in [9.17, 15) is 19.8 Å². The maximum absolute atomic E-state index is 12.5. The van der Waals surface area contributed by atoms with Crippen molar-refractivity contribution in [3.8, 4) is 0 Å². The van der Waals surface area contributed by atoms with Crippen molar-refractivity contribution in [3.63, 3.8) is 0 Å². The second-order valence-corrected chi connectivity index (χ2v) is 13.4. The molecule has 3 aliphatic rings. The number of likely N-dealkylation sites (N-methyl/N-ethyl adjacent to an activating group) is 1. The van der Waals surface area contributed by atoms with E-state index in [1.807, 2.05) is 19.0 Å². The number of allylic oxidation sites excluding steroid dienone is 1. The molecule has 0 amide bonds. The van der Waals surface area contributed by atoms with E-state index >= 15 is 0 Å².